The molecular weight excluding hydrogens is 432 g/mol. The number of nitrogens with two attached hydrogens (primary N) is 3. The van der Waals surface area contributed by atoms with Crippen molar-refractivity contribution in [3.63, 3.8) is 0 Å². The highest BCUT2D eigenvalue weighted by Gasteiger charge is 2.38. The van der Waals surface area contributed by atoms with E-state index in [1.807, 2.05) is 0 Å². The van der Waals surface area contributed by atoms with E-state index in [1.54, 1.807) is 0 Å². The zero-order valence-electron chi connectivity index (χ0n) is 16.8. The molecule has 4 atom stereocenters. The number of aliphatic carboxylic acids is 1. The van der Waals surface area contributed by atoms with Gasteiger partial charge in [0.25, 0.3) is 0 Å². The van der Waals surface area contributed by atoms with E-state index in [1.165, 1.54) is 0 Å². The van der Waals surface area contributed by atoms with Crippen LogP contribution in [0.3, 0.4) is 0 Å². The maximum absolute atomic E-state index is 12.7. The Kier molecular flexibility index (Phi) is 10.2. The van der Waals surface area contributed by atoms with Crippen LogP contribution >= 0.6 is 12.6 Å². The standard InChI is InChI=1S/C17H28N6O7S/c18-8(3-4-12(19)24)14(26)21-9(6-13(20)25)15(27)22-10(7-31)16(28)23-5-1-2-11(23)17(29)30/h8-11,31H,1-7,18H2,(H2,19,24)(H2,20,25)(H,21,26)(H,22,27)(H,29,30). The van der Waals surface area contributed by atoms with E-state index in [2.05, 4.69) is 23.3 Å². The van der Waals surface area contributed by atoms with E-state index in [0.29, 0.717) is 6.42 Å². The van der Waals surface area contributed by atoms with Crippen LogP contribution in [-0.4, -0.2) is 82.0 Å². The van der Waals surface area contributed by atoms with Gasteiger partial charge in [0.05, 0.1) is 12.5 Å². The predicted octanol–water partition coefficient (Wildman–Crippen LogP) is -3.57. The van der Waals surface area contributed by atoms with Crippen molar-refractivity contribution in [3.05, 3.63) is 0 Å². The molecule has 0 aromatic heterocycles. The zero-order chi connectivity index (χ0) is 23.7. The largest absolute Gasteiger partial charge is 0.480 e. The molecule has 0 radical (unpaired) electrons. The number of rotatable bonds is 12. The van der Waals surface area contributed by atoms with E-state index in [0.717, 1.165) is 4.90 Å². The van der Waals surface area contributed by atoms with Gasteiger partial charge in [-0.05, 0) is 19.3 Å². The van der Waals surface area contributed by atoms with Gasteiger partial charge >= 0.3 is 5.97 Å². The van der Waals surface area contributed by atoms with Crippen molar-refractivity contribution in [1.29, 1.82) is 0 Å². The molecule has 0 bridgehead atoms. The Hall–Kier alpha value is -2.87. The van der Waals surface area contributed by atoms with Crippen LogP contribution < -0.4 is 27.8 Å². The maximum atomic E-state index is 12.7. The van der Waals surface area contributed by atoms with Gasteiger partial charge in [0, 0.05) is 18.7 Å². The number of nitrogens with one attached hydrogen (secondary N) is 2. The second-order valence-corrected chi connectivity index (χ2v) is 7.48. The molecule has 14 heteroatoms. The molecule has 0 aliphatic carbocycles. The summed E-state index contributed by atoms with van der Waals surface area (Å²) in [6, 6.07) is -4.80. The molecule has 9 N–H and O–H groups in total. The third kappa shape index (κ3) is 8.05. The van der Waals surface area contributed by atoms with Gasteiger partial charge in [-0.1, -0.05) is 0 Å². The lowest BCUT2D eigenvalue weighted by atomic mass is 10.1. The average molecular weight is 461 g/mol. The fraction of sp³-hybridized carbons (Fsp3) is 0.647. The third-order valence-electron chi connectivity index (χ3n) is 4.69. The van der Waals surface area contributed by atoms with Crippen LogP contribution in [0.4, 0.5) is 0 Å². The van der Waals surface area contributed by atoms with E-state index in [-0.39, 0.29) is 31.6 Å². The average Bonchev–Trinajstić information content (AvgIpc) is 3.18. The van der Waals surface area contributed by atoms with Gasteiger partial charge < -0.3 is 37.8 Å². The van der Waals surface area contributed by atoms with Crippen LogP contribution in [0.2, 0.25) is 0 Å². The molecule has 0 saturated carbocycles. The van der Waals surface area contributed by atoms with Crippen molar-refractivity contribution < 1.29 is 33.9 Å². The number of carboxylic acids is 1. The van der Waals surface area contributed by atoms with E-state index in [4.69, 9.17) is 17.2 Å². The number of primary amides is 2. The normalized spacial score (nSPS) is 18.5. The lowest BCUT2D eigenvalue weighted by molar-refractivity contribution is -0.149. The second-order valence-electron chi connectivity index (χ2n) is 7.11. The highest BCUT2D eigenvalue weighted by Crippen LogP contribution is 2.19. The molecule has 5 amide bonds. The van der Waals surface area contributed by atoms with Crippen LogP contribution in [0.15, 0.2) is 0 Å². The lowest BCUT2D eigenvalue weighted by Crippen LogP contribution is -2.58. The number of carboxylic acid groups (broad SMARTS) is 1. The Bertz CT molecular complexity index is 734. The molecule has 0 aromatic carbocycles. The summed E-state index contributed by atoms with van der Waals surface area (Å²) >= 11 is 4.04. The summed E-state index contributed by atoms with van der Waals surface area (Å²) in [6.07, 6.45) is -0.0140. The van der Waals surface area contributed by atoms with E-state index in [9.17, 15) is 33.9 Å². The Morgan fingerprint density at radius 1 is 1.03 bits per heavy atom. The van der Waals surface area contributed by atoms with Crippen LogP contribution in [0, 0.1) is 0 Å². The van der Waals surface area contributed by atoms with Gasteiger partial charge in [-0.2, -0.15) is 12.6 Å². The summed E-state index contributed by atoms with van der Waals surface area (Å²) in [5.74, 6) is -5.22. The Balaban J connectivity index is 2.85. The molecule has 0 aromatic rings. The van der Waals surface area contributed by atoms with Crippen LogP contribution in [0.5, 0.6) is 0 Å². The molecule has 4 unspecified atom stereocenters. The van der Waals surface area contributed by atoms with Gasteiger partial charge in [-0.15, -0.1) is 0 Å². The van der Waals surface area contributed by atoms with Gasteiger partial charge in [0.15, 0.2) is 0 Å². The fourth-order valence-corrected chi connectivity index (χ4v) is 3.31. The van der Waals surface area contributed by atoms with Crippen molar-refractivity contribution in [1.82, 2.24) is 15.5 Å². The van der Waals surface area contributed by atoms with Gasteiger partial charge in [-0.3, -0.25) is 24.0 Å². The lowest BCUT2D eigenvalue weighted by Gasteiger charge is -2.28. The molecular formula is C17H28N6O7S. The van der Waals surface area contributed by atoms with Crippen molar-refractivity contribution >= 4 is 48.1 Å². The summed E-state index contributed by atoms with van der Waals surface area (Å²) in [5, 5.41) is 13.9. The Morgan fingerprint density at radius 2 is 1.65 bits per heavy atom. The quantitative estimate of drug-likeness (QED) is 0.144. The monoisotopic (exact) mass is 460 g/mol. The zero-order valence-corrected chi connectivity index (χ0v) is 17.7. The fourth-order valence-electron chi connectivity index (χ4n) is 3.06. The molecule has 1 aliphatic rings. The molecule has 1 saturated heterocycles. The number of nitrogens with zero attached hydrogens (tertiary/aromatic N) is 1. The Morgan fingerprint density at radius 3 is 2.16 bits per heavy atom. The van der Waals surface area contributed by atoms with Crippen molar-refractivity contribution in [3.8, 4) is 0 Å². The number of amides is 5. The number of thiol groups is 1. The van der Waals surface area contributed by atoms with Crippen LogP contribution in [0.1, 0.15) is 32.1 Å². The highest BCUT2D eigenvalue weighted by atomic mass is 32.1. The second kappa shape index (κ2) is 12.1. The minimum Gasteiger partial charge on any atom is -0.480 e. The minimum absolute atomic E-state index is 0.0740. The first-order chi connectivity index (χ1) is 14.5. The number of likely N-dealkylation sites (tertiary alicyclic amines) is 1. The Labute approximate surface area is 183 Å². The molecule has 31 heavy (non-hydrogen) atoms. The van der Waals surface area contributed by atoms with Gasteiger partial charge in [-0.25, -0.2) is 4.79 Å². The first-order valence-electron chi connectivity index (χ1n) is 9.55. The first-order valence-corrected chi connectivity index (χ1v) is 10.2. The number of hydrogen-bond acceptors (Lipinski definition) is 8. The summed E-state index contributed by atoms with van der Waals surface area (Å²) in [7, 11) is 0. The first kappa shape index (κ1) is 26.2. The van der Waals surface area contributed by atoms with Crippen LogP contribution in [-0.2, 0) is 28.8 Å². The minimum atomic E-state index is -1.44. The summed E-state index contributed by atoms with van der Waals surface area (Å²) in [5.41, 5.74) is 15.8. The third-order valence-corrected chi connectivity index (χ3v) is 5.06. The number of carbonyl (C=O) groups excluding carboxylic acids is 5. The van der Waals surface area contributed by atoms with Crippen molar-refractivity contribution in [2.75, 3.05) is 12.3 Å². The maximum Gasteiger partial charge on any atom is 0.326 e. The molecule has 1 fully saturated rings. The summed E-state index contributed by atoms with van der Waals surface area (Å²) in [4.78, 5) is 72.2. The highest BCUT2D eigenvalue weighted by molar-refractivity contribution is 7.80. The summed E-state index contributed by atoms with van der Waals surface area (Å²) < 4.78 is 0. The molecule has 1 rings (SSSR count). The van der Waals surface area contributed by atoms with Crippen LogP contribution in [0.25, 0.3) is 0 Å². The van der Waals surface area contributed by atoms with Crippen molar-refractivity contribution in [2.24, 2.45) is 17.2 Å². The molecule has 1 heterocycles. The molecule has 174 valence electrons. The predicted molar refractivity (Wildman–Crippen MR) is 110 cm³/mol. The topological polar surface area (TPSA) is 228 Å². The van der Waals surface area contributed by atoms with E-state index < -0.39 is 66.1 Å². The molecule has 0 spiro atoms. The number of carbonyl (C=O) groups is 6. The van der Waals surface area contributed by atoms with Crippen molar-refractivity contribution in [2.45, 2.75) is 56.3 Å². The summed E-state index contributed by atoms with van der Waals surface area (Å²) in [6.45, 7) is 0.214. The van der Waals surface area contributed by atoms with Gasteiger partial charge in [0.2, 0.25) is 29.5 Å². The van der Waals surface area contributed by atoms with Gasteiger partial charge in [0.1, 0.15) is 18.1 Å². The molecule has 13 nitrogen and oxygen atoms in total. The van der Waals surface area contributed by atoms with E-state index >= 15 is 0 Å². The molecule has 1 aliphatic heterocycles. The SMILES string of the molecule is NC(=O)CCC(N)C(=O)NC(CC(N)=O)C(=O)NC(CS)C(=O)N1CCCC1C(=O)O. The number of hydrogen-bond donors (Lipinski definition) is 7. The smallest absolute Gasteiger partial charge is 0.326 e.